The molecule has 6 nitrogen and oxygen atoms in total. The van der Waals surface area contributed by atoms with Gasteiger partial charge >= 0.3 is 5.97 Å². The van der Waals surface area contributed by atoms with E-state index < -0.39 is 15.7 Å². The molecule has 0 aliphatic rings. The van der Waals surface area contributed by atoms with Crippen LogP contribution in [-0.2, 0) is 9.53 Å². The molecule has 0 saturated heterocycles. The van der Waals surface area contributed by atoms with Crippen LogP contribution in [0.25, 0.3) is 21.9 Å². The van der Waals surface area contributed by atoms with E-state index >= 15 is 0 Å². The molecule has 0 radical (unpaired) electrons. The van der Waals surface area contributed by atoms with E-state index in [1.54, 1.807) is 12.1 Å². The van der Waals surface area contributed by atoms with Gasteiger partial charge in [-0.3, -0.25) is 14.9 Å². The minimum atomic E-state index is -0.920. The Bertz CT molecular complexity index is 901. The highest BCUT2D eigenvalue weighted by molar-refractivity contribution is 9.09. The maximum Gasteiger partial charge on any atom is 0.324 e. The summed E-state index contributed by atoms with van der Waals surface area (Å²) in [6.45, 7) is 0. The molecule has 7 heteroatoms. The predicted molar refractivity (Wildman–Crippen MR) is 84.1 cm³/mol. The van der Waals surface area contributed by atoms with Crippen molar-refractivity contribution in [3.63, 3.8) is 0 Å². The fraction of sp³-hybridized carbons (Fsp3) is 0.133. The Balaban J connectivity index is 2.33. The Kier molecular flexibility index (Phi) is 3.58. The third-order valence-corrected chi connectivity index (χ3v) is 4.27. The third-order valence-electron chi connectivity index (χ3n) is 3.40. The van der Waals surface area contributed by atoms with Crippen LogP contribution in [0.2, 0.25) is 0 Å². The number of carbonyl (C=O) groups excluding carboxylic acids is 1. The molecule has 112 valence electrons. The van der Waals surface area contributed by atoms with Crippen LogP contribution in [0.15, 0.2) is 40.8 Å². The second-order valence-corrected chi connectivity index (χ2v) is 5.56. The first-order valence-corrected chi connectivity index (χ1v) is 7.26. The molecule has 0 aliphatic carbocycles. The SMILES string of the molecule is COC(=O)C(Br)c1cc2c(cc1[N+](=O)[O-])oc1ccccc12. The van der Waals surface area contributed by atoms with Gasteiger partial charge in [-0.25, -0.2) is 0 Å². The molecule has 3 aromatic rings. The first kappa shape index (κ1) is 14.5. The number of para-hydroxylation sites is 1. The summed E-state index contributed by atoms with van der Waals surface area (Å²) in [6.07, 6.45) is 0. The number of fused-ring (bicyclic) bond motifs is 3. The molecule has 0 amide bonds. The number of carbonyl (C=O) groups is 1. The number of esters is 1. The average molecular weight is 364 g/mol. The van der Waals surface area contributed by atoms with E-state index in [4.69, 9.17) is 4.42 Å². The maximum absolute atomic E-state index is 11.7. The van der Waals surface area contributed by atoms with Crippen LogP contribution in [-0.4, -0.2) is 18.0 Å². The Morgan fingerprint density at radius 2 is 2.00 bits per heavy atom. The molecule has 1 aromatic heterocycles. The van der Waals surface area contributed by atoms with Crippen LogP contribution in [0.1, 0.15) is 10.4 Å². The summed E-state index contributed by atoms with van der Waals surface area (Å²) in [5, 5.41) is 12.8. The number of ether oxygens (including phenoxy) is 1. The predicted octanol–water partition coefficient (Wildman–Crippen LogP) is 4.10. The summed E-state index contributed by atoms with van der Waals surface area (Å²) in [4.78, 5) is 21.5. The van der Waals surface area contributed by atoms with Gasteiger partial charge in [0.1, 0.15) is 16.0 Å². The maximum atomic E-state index is 11.7. The number of hydrogen-bond acceptors (Lipinski definition) is 5. The molecule has 0 fully saturated rings. The fourth-order valence-corrected chi connectivity index (χ4v) is 2.92. The minimum absolute atomic E-state index is 0.196. The van der Waals surface area contributed by atoms with E-state index in [-0.39, 0.29) is 11.3 Å². The van der Waals surface area contributed by atoms with Crippen molar-refractivity contribution in [2.75, 3.05) is 7.11 Å². The second-order valence-electron chi connectivity index (χ2n) is 4.65. The van der Waals surface area contributed by atoms with Crippen molar-refractivity contribution in [2.45, 2.75) is 4.83 Å². The molecular weight excluding hydrogens is 354 g/mol. The zero-order valence-electron chi connectivity index (χ0n) is 11.4. The molecule has 0 saturated carbocycles. The van der Waals surface area contributed by atoms with Crippen LogP contribution >= 0.6 is 15.9 Å². The lowest BCUT2D eigenvalue weighted by Crippen LogP contribution is -2.10. The van der Waals surface area contributed by atoms with Crippen molar-refractivity contribution < 1.29 is 18.9 Å². The van der Waals surface area contributed by atoms with Gasteiger partial charge in [0, 0.05) is 10.8 Å². The molecule has 0 bridgehead atoms. The molecule has 3 rings (SSSR count). The van der Waals surface area contributed by atoms with Crippen LogP contribution < -0.4 is 0 Å². The average Bonchev–Trinajstić information content (AvgIpc) is 2.89. The monoisotopic (exact) mass is 363 g/mol. The van der Waals surface area contributed by atoms with Gasteiger partial charge in [0.2, 0.25) is 0 Å². The fourth-order valence-electron chi connectivity index (χ4n) is 2.37. The number of nitrogens with zero attached hydrogens (tertiary/aromatic N) is 1. The number of methoxy groups -OCH3 is 1. The Morgan fingerprint density at radius 1 is 1.27 bits per heavy atom. The quantitative estimate of drug-likeness (QED) is 0.302. The number of alkyl halides is 1. The molecule has 1 heterocycles. The lowest BCUT2D eigenvalue weighted by atomic mass is 10.0. The number of halogens is 1. The number of rotatable bonds is 3. The zero-order chi connectivity index (χ0) is 15.9. The molecule has 2 aromatic carbocycles. The van der Waals surface area contributed by atoms with E-state index in [2.05, 4.69) is 20.7 Å². The van der Waals surface area contributed by atoms with Crippen molar-refractivity contribution in [3.8, 4) is 0 Å². The van der Waals surface area contributed by atoms with Gasteiger partial charge in [-0.2, -0.15) is 0 Å². The highest BCUT2D eigenvalue weighted by atomic mass is 79.9. The lowest BCUT2D eigenvalue weighted by molar-refractivity contribution is -0.385. The van der Waals surface area contributed by atoms with Gasteiger partial charge in [-0.15, -0.1) is 0 Å². The number of hydrogen-bond donors (Lipinski definition) is 0. The van der Waals surface area contributed by atoms with Crippen molar-refractivity contribution in [3.05, 3.63) is 52.1 Å². The van der Waals surface area contributed by atoms with Gasteiger partial charge < -0.3 is 9.15 Å². The summed E-state index contributed by atoms with van der Waals surface area (Å²) in [6, 6.07) is 10.2. The van der Waals surface area contributed by atoms with Crippen molar-refractivity contribution in [1.29, 1.82) is 0 Å². The molecule has 1 atom stereocenters. The molecule has 0 aliphatic heterocycles. The highest BCUT2D eigenvalue weighted by Crippen LogP contribution is 2.38. The standard InChI is InChI=1S/C15H10BrNO5/c1-21-15(18)14(16)10-6-9-8-4-2-3-5-12(8)22-13(9)7-11(10)17(19)20/h2-7,14H,1H3. The number of nitro benzene ring substituents is 1. The van der Waals surface area contributed by atoms with Crippen molar-refractivity contribution >= 4 is 49.5 Å². The Labute approximate surface area is 132 Å². The van der Waals surface area contributed by atoms with Gasteiger partial charge in [0.15, 0.2) is 0 Å². The lowest BCUT2D eigenvalue weighted by Gasteiger charge is -2.08. The van der Waals surface area contributed by atoms with Crippen LogP contribution in [0.4, 0.5) is 5.69 Å². The van der Waals surface area contributed by atoms with E-state index in [0.717, 1.165) is 5.39 Å². The number of benzene rings is 2. The topological polar surface area (TPSA) is 82.6 Å². The van der Waals surface area contributed by atoms with Gasteiger partial charge in [0.25, 0.3) is 5.69 Å². The summed E-state index contributed by atoms with van der Waals surface area (Å²) in [5.41, 5.74) is 1.07. The summed E-state index contributed by atoms with van der Waals surface area (Å²) in [5.74, 6) is -0.602. The van der Waals surface area contributed by atoms with Crippen LogP contribution in [0.3, 0.4) is 0 Å². The Morgan fingerprint density at radius 3 is 2.68 bits per heavy atom. The van der Waals surface area contributed by atoms with Crippen LogP contribution in [0, 0.1) is 10.1 Å². The summed E-state index contributed by atoms with van der Waals surface area (Å²) in [7, 11) is 1.23. The first-order chi connectivity index (χ1) is 10.5. The third kappa shape index (κ3) is 2.23. The van der Waals surface area contributed by atoms with E-state index in [0.29, 0.717) is 16.6 Å². The van der Waals surface area contributed by atoms with E-state index in [1.165, 1.54) is 13.2 Å². The zero-order valence-corrected chi connectivity index (χ0v) is 13.0. The van der Waals surface area contributed by atoms with Crippen LogP contribution in [0.5, 0.6) is 0 Å². The minimum Gasteiger partial charge on any atom is -0.468 e. The summed E-state index contributed by atoms with van der Waals surface area (Å²) < 4.78 is 10.3. The van der Waals surface area contributed by atoms with E-state index in [9.17, 15) is 14.9 Å². The second kappa shape index (κ2) is 5.42. The van der Waals surface area contributed by atoms with Gasteiger partial charge in [0.05, 0.1) is 23.7 Å². The largest absolute Gasteiger partial charge is 0.468 e. The number of furan rings is 1. The molecule has 0 spiro atoms. The molecule has 1 unspecified atom stereocenters. The smallest absolute Gasteiger partial charge is 0.324 e. The molecule has 22 heavy (non-hydrogen) atoms. The normalized spacial score (nSPS) is 12.5. The number of nitro groups is 1. The highest BCUT2D eigenvalue weighted by Gasteiger charge is 2.28. The van der Waals surface area contributed by atoms with Crippen molar-refractivity contribution in [2.24, 2.45) is 0 Å². The molecule has 0 N–H and O–H groups in total. The summed E-state index contributed by atoms with van der Waals surface area (Å²) >= 11 is 3.16. The first-order valence-electron chi connectivity index (χ1n) is 6.34. The van der Waals surface area contributed by atoms with Crippen molar-refractivity contribution in [1.82, 2.24) is 0 Å². The van der Waals surface area contributed by atoms with Gasteiger partial charge in [-0.05, 0) is 12.1 Å². The Hall–Kier alpha value is -2.41. The molecular formula is C15H10BrNO5. The van der Waals surface area contributed by atoms with Gasteiger partial charge in [-0.1, -0.05) is 34.1 Å². The van der Waals surface area contributed by atoms with E-state index in [1.807, 2.05) is 18.2 Å².